The van der Waals surface area contributed by atoms with E-state index in [1.54, 1.807) is 32.9 Å². The summed E-state index contributed by atoms with van der Waals surface area (Å²) >= 11 is 0. The van der Waals surface area contributed by atoms with Gasteiger partial charge in [-0.2, -0.15) is 0 Å². The molecule has 0 unspecified atom stereocenters. The van der Waals surface area contributed by atoms with Gasteiger partial charge in [0.1, 0.15) is 11.4 Å². The number of rotatable bonds is 4. The topological polar surface area (TPSA) is 84.5 Å². The van der Waals surface area contributed by atoms with Crippen molar-refractivity contribution >= 4 is 27.5 Å². The SMILES string of the molecule is CC(C)(C)OC(=O)Nc1ccc(NS(=O)(=O)c2ccc(C(C)(C)C)cc2)cc1F. The second-order valence-corrected chi connectivity index (χ2v) is 10.4. The van der Waals surface area contributed by atoms with E-state index in [2.05, 4.69) is 10.0 Å². The first-order valence-corrected chi connectivity index (χ1v) is 10.6. The summed E-state index contributed by atoms with van der Waals surface area (Å²) in [4.78, 5) is 11.8. The molecule has 0 spiro atoms. The zero-order valence-corrected chi connectivity index (χ0v) is 18.3. The predicted molar refractivity (Wildman–Crippen MR) is 112 cm³/mol. The van der Waals surface area contributed by atoms with Gasteiger partial charge in [0.25, 0.3) is 10.0 Å². The number of amides is 1. The van der Waals surface area contributed by atoms with Crippen molar-refractivity contribution in [1.82, 2.24) is 0 Å². The number of sulfonamides is 1. The first-order chi connectivity index (χ1) is 13.2. The number of hydrogen-bond donors (Lipinski definition) is 2. The van der Waals surface area contributed by atoms with Crippen LogP contribution in [0.3, 0.4) is 0 Å². The van der Waals surface area contributed by atoms with Crippen LogP contribution in [0.2, 0.25) is 0 Å². The van der Waals surface area contributed by atoms with Gasteiger partial charge in [-0.1, -0.05) is 32.9 Å². The molecule has 2 rings (SSSR count). The maximum absolute atomic E-state index is 14.3. The lowest BCUT2D eigenvalue weighted by molar-refractivity contribution is 0.0635. The Morgan fingerprint density at radius 3 is 2.03 bits per heavy atom. The maximum atomic E-state index is 14.3. The molecule has 158 valence electrons. The molecule has 0 saturated heterocycles. The molecule has 0 radical (unpaired) electrons. The lowest BCUT2D eigenvalue weighted by Gasteiger charge is -2.20. The van der Waals surface area contributed by atoms with Crippen LogP contribution in [0.15, 0.2) is 47.4 Å². The second kappa shape index (κ2) is 8.02. The first kappa shape index (κ1) is 22.7. The largest absolute Gasteiger partial charge is 0.444 e. The van der Waals surface area contributed by atoms with E-state index in [0.717, 1.165) is 11.6 Å². The number of benzene rings is 2. The summed E-state index contributed by atoms with van der Waals surface area (Å²) in [5.41, 5.74) is 0.100. The summed E-state index contributed by atoms with van der Waals surface area (Å²) in [5, 5.41) is 2.30. The van der Waals surface area contributed by atoms with Gasteiger partial charge in [-0.15, -0.1) is 0 Å². The van der Waals surface area contributed by atoms with Crippen molar-refractivity contribution in [1.29, 1.82) is 0 Å². The molecule has 2 aromatic carbocycles. The number of anilines is 2. The van der Waals surface area contributed by atoms with Gasteiger partial charge >= 0.3 is 6.09 Å². The predicted octanol–water partition coefficient (Wildman–Crippen LogP) is 5.27. The van der Waals surface area contributed by atoms with Gasteiger partial charge in [-0.05, 0) is 56.0 Å². The molecule has 0 aliphatic carbocycles. The van der Waals surface area contributed by atoms with E-state index in [1.807, 2.05) is 20.8 Å². The molecule has 8 heteroatoms. The van der Waals surface area contributed by atoms with Crippen molar-refractivity contribution in [3.63, 3.8) is 0 Å². The molecule has 0 bridgehead atoms. The number of carbonyl (C=O) groups excluding carboxylic acids is 1. The fourth-order valence-electron chi connectivity index (χ4n) is 2.44. The fourth-order valence-corrected chi connectivity index (χ4v) is 3.49. The van der Waals surface area contributed by atoms with Crippen LogP contribution in [-0.2, 0) is 20.2 Å². The molecule has 2 aromatic rings. The lowest BCUT2D eigenvalue weighted by Crippen LogP contribution is -2.27. The highest BCUT2D eigenvalue weighted by Crippen LogP contribution is 2.25. The van der Waals surface area contributed by atoms with Gasteiger partial charge in [0.2, 0.25) is 0 Å². The molecular formula is C21H27FN2O4S. The van der Waals surface area contributed by atoms with Gasteiger partial charge in [0.05, 0.1) is 16.3 Å². The van der Waals surface area contributed by atoms with Crippen LogP contribution in [0.1, 0.15) is 47.1 Å². The summed E-state index contributed by atoms with van der Waals surface area (Å²) in [6.45, 7) is 11.2. The molecule has 0 fully saturated rings. The van der Waals surface area contributed by atoms with Crippen molar-refractivity contribution in [2.75, 3.05) is 10.0 Å². The minimum Gasteiger partial charge on any atom is -0.444 e. The molecule has 2 N–H and O–H groups in total. The summed E-state index contributed by atoms with van der Waals surface area (Å²) < 4.78 is 46.9. The van der Waals surface area contributed by atoms with Crippen LogP contribution in [0.25, 0.3) is 0 Å². The fraction of sp³-hybridized carbons (Fsp3) is 0.381. The van der Waals surface area contributed by atoms with Crippen molar-refractivity contribution < 1.29 is 22.3 Å². The smallest absolute Gasteiger partial charge is 0.412 e. The Bertz CT molecular complexity index is 989. The number of halogens is 1. The number of ether oxygens (including phenoxy) is 1. The minimum absolute atomic E-state index is 0.0390. The molecule has 0 aliphatic rings. The van der Waals surface area contributed by atoms with Crippen molar-refractivity contribution in [2.24, 2.45) is 0 Å². The zero-order valence-electron chi connectivity index (χ0n) is 17.5. The van der Waals surface area contributed by atoms with E-state index in [-0.39, 0.29) is 21.7 Å². The van der Waals surface area contributed by atoms with Crippen LogP contribution in [-0.4, -0.2) is 20.1 Å². The Morgan fingerprint density at radius 1 is 0.966 bits per heavy atom. The van der Waals surface area contributed by atoms with Crippen LogP contribution < -0.4 is 10.0 Å². The Morgan fingerprint density at radius 2 is 1.55 bits per heavy atom. The quantitative estimate of drug-likeness (QED) is 0.703. The summed E-state index contributed by atoms with van der Waals surface area (Å²) in [6.07, 6.45) is -0.802. The molecular weight excluding hydrogens is 395 g/mol. The maximum Gasteiger partial charge on any atom is 0.412 e. The van der Waals surface area contributed by atoms with Crippen LogP contribution in [0.5, 0.6) is 0 Å². The third-order valence-corrected chi connectivity index (χ3v) is 5.28. The average molecular weight is 423 g/mol. The van der Waals surface area contributed by atoms with E-state index in [0.29, 0.717) is 0 Å². The molecule has 0 aromatic heterocycles. The molecule has 29 heavy (non-hydrogen) atoms. The van der Waals surface area contributed by atoms with Crippen LogP contribution >= 0.6 is 0 Å². The summed E-state index contributed by atoms with van der Waals surface area (Å²) in [6, 6.07) is 10.1. The normalized spacial score (nSPS) is 12.4. The van der Waals surface area contributed by atoms with E-state index < -0.39 is 27.5 Å². The molecule has 1 amide bonds. The highest BCUT2D eigenvalue weighted by Gasteiger charge is 2.20. The Balaban J connectivity index is 2.15. The average Bonchev–Trinajstić information content (AvgIpc) is 2.55. The van der Waals surface area contributed by atoms with E-state index in [4.69, 9.17) is 4.74 Å². The lowest BCUT2D eigenvalue weighted by atomic mass is 9.87. The number of nitrogens with one attached hydrogen (secondary N) is 2. The van der Waals surface area contributed by atoms with Gasteiger partial charge in [-0.3, -0.25) is 10.0 Å². The Hall–Kier alpha value is -2.61. The summed E-state index contributed by atoms with van der Waals surface area (Å²) in [7, 11) is -3.88. The highest BCUT2D eigenvalue weighted by atomic mass is 32.2. The Labute approximate surface area is 171 Å². The Kier molecular flexibility index (Phi) is 6.27. The molecule has 0 atom stereocenters. The first-order valence-electron chi connectivity index (χ1n) is 9.10. The van der Waals surface area contributed by atoms with Crippen molar-refractivity contribution in [3.05, 3.63) is 53.8 Å². The molecule has 0 heterocycles. The third kappa shape index (κ3) is 6.45. The van der Waals surface area contributed by atoms with Crippen LogP contribution in [0, 0.1) is 5.82 Å². The van der Waals surface area contributed by atoms with Gasteiger partial charge < -0.3 is 4.74 Å². The van der Waals surface area contributed by atoms with E-state index in [1.165, 1.54) is 24.3 Å². The molecule has 0 saturated carbocycles. The third-order valence-electron chi connectivity index (χ3n) is 3.89. The summed E-state index contributed by atoms with van der Waals surface area (Å²) in [5.74, 6) is -0.792. The van der Waals surface area contributed by atoms with Gasteiger partial charge in [-0.25, -0.2) is 17.6 Å². The second-order valence-electron chi connectivity index (χ2n) is 8.70. The monoisotopic (exact) mass is 422 g/mol. The minimum atomic E-state index is -3.88. The van der Waals surface area contributed by atoms with E-state index >= 15 is 0 Å². The van der Waals surface area contributed by atoms with E-state index in [9.17, 15) is 17.6 Å². The number of hydrogen-bond acceptors (Lipinski definition) is 4. The van der Waals surface area contributed by atoms with Crippen LogP contribution in [0.4, 0.5) is 20.6 Å². The van der Waals surface area contributed by atoms with Crippen molar-refractivity contribution in [3.8, 4) is 0 Å². The molecule has 6 nitrogen and oxygen atoms in total. The highest BCUT2D eigenvalue weighted by molar-refractivity contribution is 7.92. The number of carbonyl (C=O) groups is 1. The molecule has 0 aliphatic heterocycles. The standard InChI is InChI=1S/C21H27FN2O4S/c1-20(2,3)14-7-10-16(11-8-14)29(26,27)24-15-9-12-18(17(22)13-15)23-19(25)28-21(4,5)6/h7-13,24H,1-6H3,(H,23,25). The van der Waals surface area contributed by atoms with Gasteiger partial charge in [0.15, 0.2) is 0 Å². The van der Waals surface area contributed by atoms with Gasteiger partial charge in [0, 0.05) is 6.07 Å². The zero-order chi connectivity index (χ0) is 22.0. The van der Waals surface area contributed by atoms with Crippen molar-refractivity contribution in [2.45, 2.75) is 57.5 Å².